The van der Waals surface area contributed by atoms with E-state index in [1.54, 1.807) is 7.05 Å². The van der Waals surface area contributed by atoms with Gasteiger partial charge in [-0.25, -0.2) is 0 Å². The molecule has 0 spiro atoms. The maximum Gasteiger partial charge on any atom is 0.284 e. The van der Waals surface area contributed by atoms with E-state index in [1.165, 1.54) is 18.3 Å². The molecule has 0 radical (unpaired) electrons. The summed E-state index contributed by atoms with van der Waals surface area (Å²) in [5, 5.41) is 25.3. The minimum absolute atomic E-state index is 0.0325. The van der Waals surface area contributed by atoms with Crippen molar-refractivity contribution in [3.05, 3.63) is 47.2 Å². The van der Waals surface area contributed by atoms with Crippen LogP contribution in [-0.4, -0.2) is 36.8 Å². The molecule has 0 atom stereocenters. The topological polar surface area (TPSA) is 110 Å². The summed E-state index contributed by atoms with van der Waals surface area (Å²) in [6, 6.07) is 4.83. The summed E-state index contributed by atoms with van der Waals surface area (Å²) in [6.45, 7) is 6.21. The van der Waals surface area contributed by atoms with Crippen LogP contribution < -0.4 is 10.6 Å². The van der Waals surface area contributed by atoms with Gasteiger partial charge in [0.15, 0.2) is 5.96 Å². The number of dihydropyridines is 1. The van der Waals surface area contributed by atoms with Gasteiger partial charge in [0.05, 0.1) is 17.2 Å². The van der Waals surface area contributed by atoms with Gasteiger partial charge < -0.3 is 15.7 Å². The highest BCUT2D eigenvalue weighted by Crippen LogP contribution is 2.32. The lowest BCUT2D eigenvalue weighted by molar-refractivity contribution is 0.0999. The number of rotatable bonds is 3. The first-order valence-corrected chi connectivity index (χ1v) is 7.74. The number of allylic oxidation sites excluding steroid dienone is 2. The Labute approximate surface area is 146 Å². The van der Waals surface area contributed by atoms with Gasteiger partial charge in [-0.3, -0.25) is 9.79 Å². The fraction of sp³-hybridized carbons (Fsp3) is 0.222. The number of aromatic hydroxyl groups is 1. The van der Waals surface area contributed by atoms with E-state index in [9.17, 15) is 15.2 Å². The second kappa shape index (κ2) is 7.93. The van der Waals surface area contributed by atoms with Crippen LogP contribution in [0.25, 0.3) is 5.57 Å². The van der Waals surface area contributed by atoms with E-state index in [1.807, 2.05) is 13.0 Å². The highest BCUT2D eigenvalue weighted by molar-refractivity contribution is 6.17. The molecule has 1 aromatic carbocycles. The summed E-state index contributed by atoms with van der Waals surface area (Å²) < 4.78 is 0. The van der Waals surface area contributed by atoms with Crippen LogP contribution in [0.1, 0.15) is 34.8 Å². The van der Waals surface area contributed by atoms with Crippen molar-refractivity contribution in [3.63, 3.8) is 0 Å². The fourth-order valence-corrected chi connectivity index (χ4v) is 2.37. The third-order valence-corrected chi connectivity index (χ3v) is 3.54. The molecule has 0 bridgehead atoms. The Morgan fingerprint density at radius 3 is 2.84 bits per heavy atom. The van der Waals surface area contributed by atoms with Crippen molar-refractivity contribution < 1.29 is 9.90 Å². The number of phenols is 1. The summed E-state index contributed by atoms with van der Waals surface area (Å²) in [5.74, 6) is -0.623. The molecule has 0 aromatic heterocycles. The number of nitrogens with zero attached hydrogens (tertiary/aromatic N) is 3. The van der Waals surface area contributed by atoms with Gasteiger partial charge in [0.25, 0.3) is 5.91 Å². The molecular weight excluding hydrogens is 318 g/mol. The number of nitrogens with one attached hydrogen (secondary N) is 2. The van der Waals surface area contributed by atoms with Crippen LogP contribution in [0.5, 0.6) is 5.75 Å². The molecule has 2 rings (SSSR count). The number of hydrogen-bond acceptors (Lipinski definition) is 4. The summed E-state index contributed by atoms with van der Waals surface area (Å²) in [5.41, 5.74) is 1.80. The molecule has 1 amide bonds. The van der Waals surface area contributed by atoms with E-state index in [0.29, 0.717) is 29.8 Å². The molecule has 0 saturated heterocycles. The molecule has 0 saturated carbocycles. The Kier molecular flexibility index (Phi) is 5.69. The Bertz CT molecular complexity index is 844. The molecule has 25 heavy (non-hydrogen) atoms. The van der Waals surface area contributed by atoms with Gasteiger partial charge in [0.2, 0.25) is 0 Å². The average Bonchev–Trinajstić information content (AvgIpc) is 2.61. The molecule has 7 heteroatoms. The second-order valence-electron chi connectivity index (χ2n) is 5.23. The third-order valence-electron chi connectivity index (χ3n) is 3.54. The number of aliphatic imine (C=N–C) groups is 2. The van der Waals surface area contributed by atoms with Crippen molar-refractivity contribution in [1.29, 1.82) is 5.26 Å². The SMILES string of the molecule is C=C1CC=C(c2c(C#N)ccc(O)c2C(=O)/N=C(/NC)NCC)C=N1. The summed E-state index contributed by atoms with van der Waals surface area (Å²) in [7, 11) is 1.63. The molecule has 128 valence electrons. The van der Waals surface area contributed by atoms with E-state index in [4.69, 9.17) is 0 Å². The molecule has 0 aliphatic carbocycles. The van der Waals surface area contributed by atoms with Crippen molar-refractivity contribution in [2.45, 2.75) is 13.3 Å². The van der Waals surface area contributed by atoms with Gasteiger partial charge >= 0.3 is 0 Å². The first-order chi connectivity index (χ1) is 12.0. The number of phenolic OH excluding ortho intramolecular Hbond substituents is 1. The lowest BCUT2D eigenvalue weighted by Gasteiger charge is -2.15. The number of carbonyl (C=O) groups excluding carboxylic acids is 1. The Balaban J connectivity index is 2.62. The van der Waals surface area contributed by atoms with E-state index < -0.39 is 5.91 Å². The van der Waals surface area contributed by atoms with Crippen molar-refractivity contribution in [3.8, 4) is 11.8 Å². The fourth-order valence-electron chi connectivity index (χ4n) is 2.37. The van der Waals surface area contributed by atoms with Crippen LogP contribution in [0, 0.1) is 11.3 Å². The number of benzene rings is 1. The van der Waals surface area contributed by atoms with E-state index in [2.05, 4.69) is 33.3 Å². The largest absolute Gasteiger partial charge is 0.507 e. The zero-order chi connectivity index (χ0) is 18.4. The molecule has 1 aliphatic heterocycles. The lowest BCUT2D eigenvalue weighted by atomic mass is 9.92. The summed E-state index contributed by atoms with van der Waals surface area (Å²) in [4.78, 5) is 20.8. The summed E-state index contributed by atoms with van der Waals surface area (Å²) >= 11 is 0. The highest BCUT2D eigenvalue weighted by Gasteiger charge is 2.23. The number of carbonyl (C=O) groups is 1. The molecule has 1 aromatic rings. The number of amides is 1. The van der Waals surface area contributed by atoms with Crippen LogP contribution in [-0.2, 0) is 0 Å². The van der Waals surface area contributed by atoms with Crippen LogP contribution in [0.2, 0.25) is 0 Å². The molecular formula is C18H19N5O2. The zero-order valence-corrected chi connectivity index (χ0v) is 14.1. The maximum absolute atomic E-state index is 12.7. The predicted molar refractivity (Wildman–Crippen MR) is 97.5 cm³/mol. The normalized spacial score (nSPS) is 13.9. The van der Waals surface area contributed by atoms with Gasteiger partial charge in [0.1, 0.15) is 5.75 Å². The van der Waals surface area contributed by atoms with Crippen molar-refractivity contribution in [1.82, 2.24) is 10.6 Å². The van der Waals surface area contributed by atoms with Crippen LogP contribution in [0.4, 0.5) is 0 Å². The Morgan fingerprint density at radius 1 is 1.52 bits per heavy atom. The molecule has 7 nitrogen and oxygen atoms in total. The summed E-state index contributed by atoms with van der Waals surface area (Å²) in [6.07, 6.45) is 3.85. The van der Waals surface area contributed by atoms with Gasteiger partial charge in [-0.2, -0.15) is 10.3 Å². The molecule has 3 N–H and O–H groups in total. The number of nitriles is 1. The third kappa shape index (κ3) is 3.93. The van der Waals surface area contributed by atoms with Crippen LogP contribution in [0.3, 0.4) is 0 Å². The van der Waals surface area contributed by atoms with Crippen LogP contribution >= 0.6 is 0 Å². The van der Waals surface area contributed by atoms with E-state index in [0.717, 1.165) is 0 Å². The molecule has 1 heterocycles. The average molecular weight is 337 g/mol. The van der Waals surface area contributed by atoms with E-state index in [-0.39, 0.29) is 22.8 Å². The second-order valence-corrected chi connectivity index (χ2v) is 5.23. The monoisotopic (exact) mass is 337 g/mol. The van der Waals surface area contributed by atoms with Gasteiger partial charge in [0, 0.05) is 37.5 Å². The standard InChI is InChI=1S/C18H19N5O2/c1-4-21-18(20-3)23-17(25)16-14(24)8-7-12(9-19)15(16)13-6-5-11(2)22-10-13/h6-8,10,24H,2,4-5H2,1,3H3,(H2,20,21,23,25). The number of hydrogen-bond donors (Lipinski definition) is 3. The van der Waals surface area contributed by atoms with E-state index >= 15 is 0 Å². The first kappa shape index (κ1) is 17.9. The zero-order valence-electron chi connectivity index (χ0n) is 14.1. The maximum atomic E-state index is 12.7. The smallest absolute Gasteiger partial charge is 0.284 e. The Morgan fingerprint density at radius 2 is 2.28 bits per heavy atom. The number of guanidine groups is 1. The van der Waals surface area contributed by atoms with Crippen molar-refractivity contribution in [2.75, 3.05) is 13.6 Å². The van der Waals surface area contributed by atoms with Crippen molar-refractivity contribution >= 4 is 23.7 Å². The predicted octanol–water partition coefficient (Wildman–Crippen LogP) is 1.96. The molecule has 0 unspecified atom stereocenters. The van der Waals surface area contributed by atoms with Crippen LogP contribution in [0.15, 0.2) is 40.5 Å². The van der Waals surface area contributed by atoms with Crippen molar-refractivity contribution in [2.24, 2.45) is 9.98 Å². The molecule has 0 fully saturated rings. The van der Waals surface area contributed by atoms with Gasteiger partial charge in [-0.15, -0.1) is 0 Å². The quantitative estimate of drug-likeness (QED) is 0.577. The van der Waals surface area contributed by atoms with Gasteiger partial charge in [-0.1, -0.05) is 12.7 Å². The minimum atomic E-state index is -0.659. The first-order valence-electron chi connectivity index (χ1n) is 7.74. The van der Waals surface area contributed by atoms with Gasteiger partial charge in [-0.05, 0) is 24.6 Å². The Hall–Kier alpha value is -3.40. The molecule has 1 aliphatic rings. The minimum Gasteiger partial charge on any atom is -0.507 e. The lowest BCUT2D eigenvalue weighted by Crippen LogP contribution is -2.35. The highest BCUT2D eigenvalue weighted by atomic mass is 16.3.